The van der Waals surface area contributed by atoms with Gasteiger partial charge in [0.05, 0.1) is 13.2 Å². The van der Waals surface area contributed by atoms with Crippen LogP contribution in [0.15, 0.2) is 18.2 Å². The third-order valence-corrected chi connectivity index (χ3v) is 3.52. The van der Waals surface area contributed by atoms with Gasteiger partial charge in [0.1, 0.15) is 12.4 Å². The van der Waals surface area contributed by atoms with E-state index in [-0.39, 0.29) is 30.9 Å². The fourth-order valence-electron chi connectivity index (χ4n) is 2.34. The van der Waals surface area contributed by atoms with Gasteiger partial charge in [-0.3, -0.25) is 4.90 Å². The summed E-state index contributed by atoms with van der Waals surface area (Å²) < 4.78 is 18.7. The summed E-state index contributed by atoms with van der Waals surface area (Å²) >= 11 is 6.00. The molecule has 1 aromatic rings. The molecule has 1 fully saturated rings. The van der Waals surface area contributed by atoms with Crippen LogP contribution in [0.4, 0.5) is 4.39 Å². The maximum atomic E-state index is 13.4. The average Bonchev–Trinajstić information content (AvgIpc) is 2.41. The second-order valence-corrected chi connectivity index (χ2v) is 4.78. The zero-order chi connectivity index (χ0) is 13.0. The van der Waals surface area contributed by atoms with Crippen molar-refractivity contribution in [3.8, 4) is 5.75 Å². The number of methoxy groups -OCH3 is 1. The fraction of sp³-hybridized carbons (Fsp3) is 0.538. The molecule has 1 aliphatic heterocycles. The Morgan fingerprint density at radius 2 is 2.00 bits per heavy atom. The number of alkyl halides is 1. The summed E-state index contributed by atoms with van der Waals surface area (Å²) in [4.78, 5) is 2.13. The average molecular weight is 346 g/mol. The molecule has 1 heterocycles. The topological polar surface area (TPSA) is 24.5 Å². The highest BCUT2D eigenvalue weighted by atomic mass is 35.5. The van der Waals surface area contributed by atoms with Gasteiger partial charge in [0.15, 0.2) is 0 Å². The Bertz CT molecular complexity index is 403. The first-order chi connectivity index (χ1) is 8.76. The monoisotopic (exact) mass is 344 g/mol. The van der Waals surface area contributed by atoms with Gasteiger partial charge in [-0.2, -0.15) is 0 Å². The first-order valence-corrected chi connectivity index (χ1v) is 6.48. The van der Waals surface area contributed by atoms with Crippen LogP contribution in [0.1, 0.15) is 11.6 Å². The molecule has 1 N–H and O–H groups in total. The Morgan fingerprint density at radius 1 is 1.35 bits per heavy atom. The molecule has 3 nitrogen and oxygen atoms in total. The molecule has 20 heavy (non-hydrogen) atoms. The third-order valence-electron chi connectivity index (χ3n) is 3.29. The van der Waals surface area contributed by atoms with Crippen molar-refractivity contribution in [2.75, 3.05) is 40.0 Å². The molecule has 0 bridgehead atoms. The SMILES string of the molecule is COc1ccc(Cl)cc1[C@H](CF)N1CCNCC1.Cl.Cl. The largest absolute Gasteiger partial charge is 0.496 e. The molecule has 1 aromatic carbocycles. The van der Waals surface area contributed by atoms with Crippen LogP contribution in [0.5, 0.6) is 5.75 Å². The van der Waals surface area contributed by atoms with Crippen molar-refractivity contribution in [2.45, 2.75) is 6.04 Å². The summed E-state index contributed by atoms with van der Waals surface area (Å²) in [7, 11) is 1.60. The minimum Gasteiger partial charge on any atom is -0.496 e. The highest BCUT2D eigenvalue weighted by molar-refractivity contribution is 6.30. The lowest BCUT2D eigenvalue weighted by atomic mass is 10.0. The van der Waals surface area contributed by atoms with E-state index in [1.54, 1.807) is 25.3 Å². The summed E-state index contributed by atoms with van der Waals surface area (Å²) in [6.45, 7) is 3.02. The van der Waals surface area contributed by atoms with Crippen LogP contribution >= 0.6 is 36.4 Å². The summed E-state index contributed by atoms with van der Waals surface area (Å²) in [5.74, 6) is 0.695. The first-order valence-electron chi connectivity index (χ1n) is 6.10. The van der Waals surface area contributed by atoms with Gasteiger partial charge >= 0.3 is 0 Å². The van der Waals surface area contributed by atoms with Crippen molar-refractivity contribution in [3.63, 3.8) is 0 Å². The number of halogens is 4. The molecule has 7 heteroatoms. The molecule has 0 saturated carbocycles. The van der Waals surface area contributed by atoms with Crippen LogP contribution in [0.25, 0.3) is 0 Å². The van der Waals surface area contributed by atoms with E-state index in [0.29, 0.717) is 10.8 Å². The van der Waals surface area contributed by atoms with Crippen molar-refractivity contribution in [2.24, 2.45) is 0 Å². The standard InChI is InChI=1S/C13H18ClFN2O.2ClH/c1-18-13-3-2-10(14)8-11(13)12(9-15)17-6-4-16-5-7-17;;/h2-3,8,12,16H,4-7,9H2,1H3;2*1H/t12-;;/m0../s1. The van der Waals surface area contributed by atoms with E-state index in [1.807, 2.05) is 0 Å². The quantitative estimate of drug-likeness (QED) is 0.907. The Kier molecular flexibility index (Phi) is 9.51. The van der Waals surface area contributed by atoms with Crippen molar-refractivity contribution in [3.05, 3.63) is 28.8 Å². The number of ether oxygens (including phenoxy) is 1. The lowest BCUT2D eigenvalue weighted by Crippen LogP contribution is -2.45. The van der Waals surface area contributed by atoms with Gasteiger partial charge in [-0.25, -0.2) is 4.39 Å². The molecule has 0 spiro atoms. The Labute approximate surface area is 136 Å². The van der Waals surface area contributed by atoms with E-state index in [0.717, 1.165) is 31.7 Å². The molecule has 2 rings (SSSR count). The van der Waals surface area contributed by atoms with Crippen molar-refractivity contribution in [1.29, 1.82) is 0 Å². The zero-order valence-electron chi connectivity index (χ0n) is 11.3. The number of hydrogen-bond donors (Lipinski definition) is 1. The van der Waals surface area contributed by atoms with E-state index >= 15 is 0 Å². The predicted octanol–water partition coefficient (Wildman–Crippen LogP) is 3.11. The van der Waals surface area contributed by atoms with Crippen LogP contribution < -0.4 is 10.1 Å². The molecule has 116 valence electrons. The van der Waals surface area contributed by atoms with Crippen molar-refractivity contribution >= 4 is 36.4 Å². The number of nitrogens with zero attached hydrogens (tertiary/aromatic N) is 1. The van der Waals surface area contributed by atoms with E-state index in [1.165, 1.54) is 0 Å². The lowest BCUT2D eigenvalue weighted by molar-refractivity contribution is 0.145. The van der Waals surface area contributed by atoms with Gasteiger partial charge < -0.3 is 10.1 Å². The van der Waals surface area contributed by atoms with E-state index in [4.69, 9.17) is 16.3 Å². The molecule has 1 saturated heterocycles. The molecule has 0 unspecified atom stereocenters. The minimum absolute atomic E-state index is 0. The van der Waals surface area contributed by atoms with Gasteiger partial charge in [0, 0.05) is 36.8 Å². The van der Waals surface area contributed by atoms with Crippen LogP contribution in [0, 0.1) is 0 Å². The normalized spacial score (nSPS) is 16.8. The number of hydrogen-bond acceptors (Lipinski definition) is 3. The second kappa shape index (κ2) is 9.64. The number of rotatable bonds is 4. The minimum atomic E-state index is -0.434. The van der Waals surface area contributed by atoms with Gasteiger partial charge in [-0.1, -0.05) is 11.6 Å². The lowest BCUT2D eigenvalue weighted by Gasteiger charge is -2.34. The highest BCUT2D eigenvalue weighted by Crippen LogP contribution is 2.32. The molecule has 1 atom stereocenters. The third kappa shape index (κ3) is 4.64. The molecular weight excluding hydrogens is 326 g/mol. The maximum absolute atomic E-state index is 13.4. The van der Waals surface area contributed by atoms with Crippen LogP contribution in [-0.4, -0.2) is 44.9 Å². The number of benzene rings is 1. The van der Waals surface area contributed by atoms with Crippen molar-refractivity contribution in [1.82, 2.24) is 10.2 Å². The summed E-state index contributed by atoms with van der Waals surface area (Å²) in [5.41, 5.74) is 0.828. The number of nitrogens with one attached hydrogen (secondary N) is 1. The predicted molar refractivity (Wildman–Crippen MR) is 85.7 cm³/mol. The first kappa shape index (κ1) is 19.7. The van der Waals surface area contributed by atoms with Crippen LogP contribution in [0.3, 0.4) is 0 Å². The number of piperazine rings is 1. The van der Waals surface area contributed by atoms with E-state index < -0.39 is 6.67 Å². The van der Waals surface area contributed by atoms with Crippen LogP contribution in [-0.2, 0) is 0 Å². The maximum Gasteiger partial charge on any atom is 0.123 e. The van der Waals surface area contributed by atoms with Crippen molar-refractivity contribution < 1.29 is 9.13 Å². The second-order valence-electron chi connectivity index (χ2n) is 4.34. The summed E-state index contributed by atoms with van der Waals surface area (Å²) in [6, 6.07) is 5.08. The van der Waals surface area contributed by atoms with Gasteiger partial charge in [0.25, 0.3) is 0 Å². The Morgan fingerprint density at radius 3 is 2.55 bits per heavy atom. The zero-order valence-corrected chi connectivity index (χ0v) is 13.7. The molecule has 1 aliphatic rings. The van der Waals surface area contributed by atoms with Crippen LogP contribution in [0.2, 0.25) is 5.02 Å². The summed E-state index contributed by atoms with van der Waals surface area (Å²) in [5, 5.41) is 3.87. The summed E-state index contributed by atoms with van der Waals surface area (Å²) in [6.07, 6.45) is 0. The highest BCUT2D eigenvalue weighted by Gasteiger charge is 2.24. The van der Waals surface area contributed by atoms with Gasteiger partial charge in [-0.05, 0) is 18.2 Å². The molecule has 0 aromatic heterocycles. The molecular formula is C13H20Cl3FN2O. The smallest absolute Gasteiger partial charge is 0.123 e. The van der Waals surface area contributed by atoms with Gasteiger partial charge in [0.2, 0.25) is 0 Å². The Hall–Kier alpha value is -0.260. The molecule has 0 aliphatic carbocycles. The Balaban J connectivity index is 0.00000180. The molecule has 0 amide bonds. The van der Waals surface area contributed by atoms with E-state index in [2.05, 4.69) is 10.2 Å². The van der Waals surface area contributed by atoms with E-state index in [9.17, 15) is 4.39 Å². The molecule has 0 radical (unpaired) electrons. The van der Waals surface area contributed by atoms with Gasteiger partial charge in [-0.15, -0.1) is 24.8 Å². The fourth-order valence-corrected chi connectivity index (χ4v) is 2.52.